The number of hydrogen-bond acceptors (Lipinski definition) is 4. The Balaban J connectivity index is 1.40. The lowest BCUT2D eigenvalue weighted by molar-refractivity contribution is 0.0764. The molecule has 0 radical (unpaired) electrons. The minimum Gasteiger partial charge on any atom is -0.452 e. The molecule has 2 heterocycles. The molecule has 0 spiro atoms. The molecule has 5 rings (SSSR count). The predicted octanol–water partition coefficient (Wildman–Crippen LogP) is 4.97. The number of aromatic nitrogens is 2. The van der Waals surface area contributed by atoms with Crippen LogP contribution in [0.4, 0.5) is 8.78 Å². The van der Waals surface area contributed by atoms with Gasteiger partial charge in [0.05, 0.1) is 11.1 Å². The quantitative estimate of drug-likeness (QED) is 0.438. The maximum Gasteiger partial charge on any atom is 0.258 e. The lowest BCUT2D eigenvalue weighted by Gasteiger charge is -2.16. The molecule has 1 aliphatic heterocycles. The highest BCUT2D eigenvalue weighted by atomic mass is 19.1. The van der Waals surface area contributed by atoms with Crippen molar-refractivity contribution < 1.29 is 18.3 Å². The number of benzene rings is 3. The summed E-state index contributed by atoms with van der Waals surface area (Å²) in [4.78, 5) is 14.7. The molecule has 0 unspecified atom stereocenters. The van der Waals surface area contributed by atoms with E-state index in [-0.39, 0.29) is 29.5 Å². The average Bonchev–Trinajstić information content (AvgIpc) is 3.44. The first-order valence-corrected chi connectivity index (χ1v) is 10.1. The Bertz CT molecular complexity index is 1410. The van der Waals surface area contributed by atoms with Crippen LogP contribution in [-0.2, 0) is 13.1 Å². The van der Waals surface area contributed by atoms with Gasteiger partial charge in [-0.1, -0.05) is 24.3 Å². The van der Waals surface area contributed by atoms with E-state index in [4.69, 9.17) is 4.74 Å². The van der Waals surface area contributed by atoms with Crippen LogP contribution in [0.1, 0.15) is 27.0 Å². The Morgan fingerprint density at radius 2 is 1.91 bits per heavy atom. The van der Waals surface area contributed by atoms with E-state index in [0.29, 0.717) is 28.9 Å². The molecule has 0 N–H and O–H groups in total. The molecule has 6 nitrogen and oxygen atoms in total. The van der Waals surface area contributed by atoms with E-state index < -0.39 is 11.6 Å². The molecule has 0 atom stereocenters. The molecule has 1 aliphatic rings. The van der Waals surface area contributed by atoms with E-state index in [1.807, 2.05) is 6.07 Å². The van der Waals surface area contributed by atoms with Crippen molar-refractivity contribution in [3.05, 3.63) is 107 Å². The SMILES string of the molecule is N#Cc1cccc(F)c1Oc1cccc2c1C(=O)N(Cc1ccc(-n3cccn3)c(F)c1)C2. The van der Waals surface area contributed by atoms with Crippen molar-refractivity contribution in [3.8, 4) is 23.3 Å². The van der Waals surface area contributed by atoms with Crippen molar-refractivity contribution in [2.75, 3.05) is 0 Å². The van der Waals surface area contributed by atoms with E-state index in [9.17, 15) is 18.8 Å². The van der Waals surface area contributed by atoms with Crippen molar-refractivity contribution >= 4 is 5.91 Å². The molecular weight excluding hydrogens is 426 g/mol. The Morgan fingerprint density at radius 3 is 2.67 bits per heavy atom. The van der Waals surface area contributed by atoms with Gasteiger partial charge in [-0.05, 0) is 47.5 Å². The molecule has 0 aliphatic carbocycles. The summed E-state index contributed by atoms with van der Waals surface area (Å²) >= 11 is 0. The van der Waals surface area contributed by atoms with E-state index in [2.05, 4.69) is 5.10 Å². The van der Waals surface area contributed by atoms with E-state index in [0.717, 1.165) is 0 Å². The molecule has 1 aromatic heterocycles. The van der Waals surface area contributed by atoms with Gasteiger partial charge in [-0.15, -0.1) is 0 Å². The first-order chi connectivity index (χ1) is 16.0. The molecule has 8 heteroatoms. The molecule has 0 bridgehead atoms. The fraction of sp³-hybridized carbons (Fsp3) is 0.0800. The van der Waals surface area contributed by atoms with Crippen molar-refractivity contribution in [1.82, 2.24) is 14.7 Å². The molecule has 0 fully saturated rings. The van der Waals surface area contributed by atoms with E-state index >= 15 is 0 Å². The largest absolute Gasteiger partial charge is 0.452 e. The summed E-state index contributed by atoms with van der Waals surface area (Å²) in [6, 6.07) is 17.4. The number of carbonyl (C=O) groups is 1. The highest BCUT2D eigenvalue weighted by Gasteiger charge is 2.31. The minimum absolute atomic E-state index is 0.0302. The monoisotopic (exact) mass is 442 g/mol. The number of fused-ring (bicyclic) bond motifs is 1. The molecule has 1 amide bonds. The Hall–Kier alpha value is -4.51. The van der Waals surface area contributed by atoms with E-state index in [1.54, 1.807) is 53.7 Å². The van der Waals surface area contributed by atoms with Gasteiger partial charge < -0.3 is 9.64 Å². The van der Waals surface area contributed by atoms with Crippen LogP contribution in [0, 0.1) is 23.0 Å². The average molecular weight is 442 g/mol. The summed E-state index contributed by atoms with van der Waals surface area (Å²) in [7, 11) is 0. The number of nitriles is 1. The number of para-hydroxylation sites is 1. The maximum atomic E-state index is 14.6. The van der Waals surface area contributed by atoms with Gasteiger partial charge in [0.25, 0.3) is 5.91 Å². The summed E-state index contributed by atoms with van der Waals surface area (Å²) in [5, 5.41) is 13.3. The number of rotatable bonds is 5. The Labute approximate surface area is 187 Å². The second-order valence-electron chi connectivity index (χ2n) is 7.52. The van der Waals surface area contributed by atoms with Crippen LogP contribution in [-0.4, -0.2) is 20.6 Å². The number of ether oxygens (including phenoxy) is 1. The maximum absolute atomic E-state index is 14.6. The second kappa shape index (κ2) is 8.20. The zero-order chi connectivity index (χ0) is 22.9. The van der Waals surface area contributed by atoms with Crippen LogP contribution in [0.3, 0.4) is 0 Å². The Morgan fingerprint density at radius 1 is 1.06 bits per heavy atom. The van der Waals surface area contributed by atoms with Crippen LogP contribution in [0.25, 0.3) is 5.69 Å². The summed E-state index contributed by atoms with van der Waals surface area (Å²) in [5.41, 5.74) is 1.98. The standard InChI is InChI=1S/C25H16F2N4O2/c26-19-6-1-4-17(13-28)24(19)33-22-7-2-5-18-15-30(25(32)23(18)22)14-16-8-9-21(20(27)12-16)31-11-3-10-29-31/h1-12H,14-15H2. The third-order valence-electron chi connectivity index (χ3n) is 5.41. The lowest BCUT2D eigenvalue weighted by Crippen LogP contribution is -2.23. The minimum atomic E-state index is -0.693. The van der Waals surface area contributed by atoms with Gasteiger partial charge in [-0.25, -0.2) is 13.5 Å². The third-order valence-corrected chi connectivity index (χ3v) is 5.41. The molecule has 4 aromatic rings. The van der Waals surface area contributed by atoms with Crippen LogP contribution >= 0.6 is 0 Å². The topological polar surface area (TPSA) is 71.2 Å². The molecule has 33 heavy (non-hydrogen) atoms. The van der Waals surface area contributed by atoms with Gasteiger partial charge in [-0.3, -0.25) is 4.79 Å². The number of halogens is 2. The van der Waals surface area contributed by atoms with Gasteiger partial charge in [-0.2, -0.15) is 10.4 Å². The zero-order valence-corrected chi connectivity index (χ0v) is 17.2. The van der Waals surface area contributed by atoms with Crippen LogP contribution in [0.5, 0.6) is 11.5 Å². The number of nitrogens with zero attached hydrogens (tertiary/aromatic N) is 4. The van der Waals surface area contributed by atoms with Crippen LogP contribution in [0.15, 0.2) is 73.1 Å². The summed E-state index contributed by atoms with van der Waals surface area (Å²) in [5.74, 6) is -1.51. The number of carbonyl (C=O) groups excluding carboxylic acids is 1. The molecular formula is C25H16F2N4O2. The van der Waals surface area contributed by atoms with Gasteiger partial charge in [0.15, 0.2) is 11.6 Å². The van der Waals surface area contributed by atoms with Crippen molar-refractivity contribution in [3.63, 3.8) is 0 Å². The van der Waals surface area contributed by atoms with Crippen molar-refractivity contribution in [1.29, 1.82) is 5.26 Å². The van der Waals surface area contributed by atoms with Gasteiger partial charge in [0.2, 0.25) is 0 Å². The third kappa shape index (κ3) is 3.70. The molecule has 162 valence electrons. The highest BCUT2D eigenvalue weighted by Crippen LogP contribution is 2.36. The van der Waals surface area contributed by atoms with E-state index in [1.165, 1.54) is 28.9 Å². The lowest BCUT2D eigenvalue weighted by atomic mass is 10.1. The van der Waals surface area contributed by atoms with Crippen molar-refractivity contribution in [2.24, 2.45) is 0 Å². The summed E-state index contributed by atoms with van der Waals surface area (Å²) in [6.45, 7) is 0.489. The van der Waals surface area contributed by atoms with Gasteiger partial charge in [0.1, 0.15) is 23.3 Å². The number of amides is 1. The molecule has 3 aromatic carbocycles. The fourth-order valence-electron chi connectivity index (χ4n) is 3.88. The zero-order valence-electron chi connectivity index (χ0n) is 17.2. The molecule has 0 saturated carbocycles. The van der Waals surface area contributed by atoms with Crippen LogP contribution in [0.2, 0.25) is 0 Å². The van der Waals surface area contributed by atoms with Gasteiger partial charge >= 0.3 is 0 Å². The smallest absolute Gasteiger partial charge is 0.258 e. The second-order valence-corrected chi connectivity index (χ2v) is 7.52. The fourth-order valence-corrected chi connectivity index (χ4v) is 3.88. The first kappa shape index (κ1) is 20.4. The Kier molecular flexibility index (Phi) is 5.07. The van der Waals surface area contributed by atoms with Gasteiger partial charge in [0, 0.05) is 25.5 Å². The summed E-state index contributed by atoms with van der Waals surface area (Å²) in [6.07, 6.45) is 3.21. The first-order valence-electron chi connectivity index (χ1n) is 10.1. The highest BCUT2D eigenvalue weighted by molar-refractivity contribution is 6.01. The predicted molar refractivity (Wildman–Crippen MR) is 115 cm³/mol. The van der Waals surface area contributed by atoms with Crippen LogP contribution < -0.4 is 4.74 Å². The summed E-state index contributed by atoms with van der Waals surface area (Å²) < 4.78 is 36.0. The number of hydrogen-bond donors (Lipinski definition) is 0. The molecule has 0 saturated heterocycles. The normalized spacial score (nSPS) is 12.5. The van der Waals surface area contributed by atoms with Crippen molar-refractivity contribution in [2.45, 2.75) is 13.1 Å².